The molecule has 4 nitrogen and oxygen atoms in total. The highest BCUT2D eigenvalue weighted by Crippen LogP contribution is 2.25. The molecule has 2 aromatic rings. The minimum Gasteiger partial charge on any atom is -0.308 e. The van der Waals surface area contributed by atoms with Gasteiger partial charge in [-0.05, 0) is 24.6 Å². The summed E-state index contributed by atoms with van der Waals surface area (Å²) in [5.41, 5.74) is 1.04. The predicted molar refractivity (Wildman–Crippen MR) is 72.9 cm³/mol. The van der Waals surface area contributed by atoms with E-state index < -0.39 is 0 Å². The minimum absolute atomic E-state index is 0.165. The van der Waals surface area contributed by atoms with E-state index in [0.29, 0.717) is 10.0 Å². The number of nitrogens with one attached hydrogen (secondary N) is 1. The van der Waals surface area contributed by atoms with Crippen LogP contribution in [0.4, 0.5) is 0 Å². The van der Waals surface area contributed by atoms with E-state index in [2.05, 4.69) is 22.6 Å². The van der Waals surface area contributed by atoms with Gasteiger partial charge in [0, 0.05) is 28.8 Å². The molecule has 0 fully saturated rings. The summed E-state index contributed by atoms with van der Waals surface area (Å²) in [5, 5.41) is 12.4. The maximum Gasteiger partial charge on any atom is 0.0692 e. The van der Waals surface area contributed by atoms with Crippen LogP contribution in [0.1, 0.15) is 18.5 Å². The Kier molecular flexibility index (Phi) is 4.58. The molecule has 1 N–H and O–H groups in total. The van der Waals surface area contributed by atoms with Gasteiger partial charge in [-0.3, -0.25) is 4.68 Å². The summed E-state index contributed by atoms with van der Waals surface area (Å²) in [7, 11) is 0. The average molecular weight is 285 g/mol. The van der Waals surface area contributed by atoms with Gasteiger partial charge in [-0.15, -0.1) is 5.10 Å². The summed E-state index contributed by atoms with van der Waals surface area (Å²) < 4.78 is 1.78. The number of hydrogen-bond acceptors (Lipinski definition) is 3. The molecule has 1 aromatic heterocycles. The van der Waals surface area contributed by atoms with Gasteiger partial charge in [-0.25, -0.2) is 0 Å². The van der Waals surface area contributed by atoms with Crippen LogP contribution in [0.5, 0.6) is 0 Å². The summed E-state index contributed by atoms with van der Waals surface area (Å²) in [5.74, 6) is 0. The van der Waals surface area contributed by atoms with E-state index in [1.54, 1.807) is 16.9 Å². The molecule has 0 spiro atoms. The van der Waals surface area contributed by atoms with E-state index in [4.69, 9.17) is 23.2 Å². The number of halogens is 2. The van der Waals surface area contributed by atoms with Crippen molar-refractivity contribution < 1.29 is 0 Å². The first-order valence-corrected chi connectivity index (χ1v) is 6.45. The molecule has 0 aliphatic rings. The Bertz CT molecular complexity index is 499. The van der Waals surface area contributed by atoms with Crippen molar-refractivity contribution in [3.05, 3.63) is 46.2 Å². The first-order valence-electron chi connectivity index (χ1n) is 5.69. The molecule has 0 amide bonds. The third kappa shape index (κ3) is 3.45. The maximum atomic E-state index is 6.15. The van der Waals surface area contributed by atoms with Crippen molar-refractivity contribution >= 4 is 23.2 Å². The number of rotatable bonds is 5. The number of benzene rings is 1. The summed E-state index contributed by atoms with van der Waals surface area (Å²) in [4.78, 5) is 0. The Morgan fingerprint density at radius 2 is 2.22 bits per heavy atom. The third-order valence-corrected chi connectivity index (χ3v) is 3.25. The van der Waals surface area contributed by atoms with E-state index in [9.17, 15) is 0 Å². The van der Waals surface area contributed by atoms with E-state index >= 15 is 0 Å². The normalized spacial score (nSPS) is 12.6. The Hall–Kier alpha value is -1.10. The van der Waals surface area contributed by atoms with Crippen molar-refractivity contribution in [2.75, 3.05) is 6.54 Å². The van der Waals surface area contributed by atoms with Crippen molar-refractivity contribution in [3.63, 3.8) is 0 Å². The van der Waals surface area contributed by atoms with Crippen LogP contribution in [0.25, 0.3) is 0 Å². The largest absolute Gasteiger partial charge is 0.308 e. The van der Waals surface area contributed by atoms with Crippen LogP contribution < -0.4 is 5.32 Å². The van der Waals surface area contributed by atoms with Crippen molar-refractivity contribution in [3.8, 4) is 0 Å². The van der Waals surface area contributed by atoms with Gasteiger partial charge in [0.2, 0.25) is 0 Å². The second-order valence-corrected chi connectivity index (χ2v) is 4.85. The van der Waals surface area contributed by atoms with Gasteiger partial charge in [-0.2, -0.15) is 0 Å². The molecule has 1 heterocycles. The van der Waals surface area contributed by atoms with E-state index in [1.807, 2.05) is 18.3 Å². The van der Waals surface area contributed by atoms with Gasteiger partial charge in [0.05, 0.1) is 12.7 Å². The zero-order valence-corrected chi connectivity index (χ0v) is 11.5. The molecule has 1 unspecified atom stereocenters. The van der Waals surface area contributed by atoms with Crippen molar-refractivity contribution in [2.24, 2.45) is 0 Å². The van der Waals surface area contributed by atoms with Crippen LogP contribution in [-0.4, -0.2) is 21.5 Å². The lowest BCUT2D eigenvalue weighted by Crippen LogP contribution is -2.23. The lowest BCUT2D eigenvalue weighted by molar-refractivity contribution is 0.499. The van der Waals surface area contributed by atoms with Crippen LogP contribution in [-0.2, 0) is 6.54 Å². The highest BCUT2D eigenvalue weighted by atomic mass is 35.5. The molecule has 96 valence electrons. The molecule has 0 bridgehead atoms. The summed E-state index contributed by atoms with van der Waals surface area (Å²) in [6.45, 7) is 3.63. The number of aromatic nitrogens is 3. The average Bonchev–Trinajstić information content (AvgIpc) is 2.81. The minimum atomic E-state index is 0.165. The van der Waals surface area contributed by atoms with Gasteiger partial charge in [0.1, 0.15) is 0 Å². The molecule has 0 aliphatic carbocycles. The molecule has 1 atom stereocenters. The first kappa shape index (κ1) is 13.3. The Balaban J connectivity index is 1.89. The second-order valence-electron chi connectivity index (χ2n) is 4.01. The fraction of sp³-hybridized carbons (Fsp3) is 0.333. The smallest absolute Gasteiger partial charge is 0.0692 e. The van der Waals surface area contributed by atoms with Crippen LogP contribution in [0, 0.1) is 0 Å². The Morgan fingerprint density at radius 3 is 2.89 bits per heavy atom. The molecule has 2 rings (SSSR count). The Labute approximate surface area is 116 Å². The molecular weight excluding hydrogens is 271 g/mol. The third-order valence-electron chi connectivity index (χ3n) is 2.69. The molecule has 18 heavy (non-hydrogen) atoms. The van der Waals surface area contributed by atoms with Gasteiger partial charge in [0.15, 0.2) is 0 Å². The van der Waals surface area contributed by atoms with Crippen molar-refractivity contribution in [2.45, 2.75) is 19.5 Å². The zero-order valence-electron chi connectivity index (χ0n) is 9.98. The first-order chi connectivity index (χ1) is 8.66. The quantitative estimate of drug-likeness (QED) is 0.918. The molecule has 0 saturated heterocycles. The second kappa shape index (κ2) is 6.18. The predicted octanol–water partition coefficient (Wildman–Crippen LogP) is 2.94. The van der Waals surface area contributed by atoms with Gasteiger partial charge < -0.3 is 5.32 Å². The summed E-state index contributed by atoms with van der Waals surface area (Å²) in [6.07, 6.45) is 3.50. The monoisotopic (exact) mass is 284 g/mol. The molecule has 6 heteroatoms. The lowest BCUT2D eigenvalue weighted by Gasteiger charge is -2.15. The number of nitrogens with zero attached hydrogens (tertiary/aromatic N) is 3. The molecule has 0 aliphatic heterocycles. The SMILES string of the molecule is CC(NCCn1ccnn1)c1ccc(Cl)cc1Cl. The van der Waals surface area contributed by atoms with Crippen LogP contribution >= 0.6 is 23.2 Å². The highest BCUT2D eigenvalue weighted by Gasteiger charge is 2.09. The Morgan fingerprint density at radius 1 is 1.39 bits per heavy atom. The fourth-order valence-corrected chi connectivity index (χ4v) is 2.28. The lowest BCUT2D eigenvalue weighted by atomic mass is 10.1. The molecular formula is C12H14Cl2N4. The van der Waals surface area contributed by atoms with E-state index in [0.717, 1.165) is 18.7 Å². The van der Waals surface area contributed by atoms with Crippen molar-refractivity contribution in [1.82, 2.24) is 20.3 Å². The maximum absolute atomic E-state index is 6.15. The molecule has 1 aromatic carbocycles. The van der Waals surface area contributed by atoms with E-state index in [-0.39, 0.29) is 6.04 Å². The van der Waals surface area contributed by atoms with E-state index in [1.165, 1.54) is 0 Å². The number of hydrogen-bond donors (Lipinski definition) is 1. The van der Waals surface area contributed by atoms with Crippen LogP contribution in [0.2, 0.25) is 10.0 Å². The standard InChI is InChI=1S/C12H14Cl2N4/c1-9(11-3-2-10(13)8-12(11)14)15-4-6-18-7-5-16-17-18/h2-3,5,7-9,15H,4,6H2,1H3. The topological polar surface area (TPSA) is 42.7 Å². The van der Waals surface area contributed by atoms with Gasteiger partial charge in [-0.1, -0.05) is 34.5 Å². The highest BCUT2D eigenvalue weighted by molar-refractivity contribution is 6.35. The summed E-state index contributed by atoms with van der Waals surface area (Å²) in [6, 6.07) is 5.71. The van der Waals surface area contributed by atoms with Gasteiger partial charge in [0.25, 0.3) is 0 Å². The zero-order chi connectivity index (χ0) is 13.0. The molecule has 0 radical (unpaired) electrons. The van der Waals surface area contributed by atoms with Gasteiger partial charge >= 0.3 is 0 Å². The van der Waals surface area contributed by atoms with Crippen LogP contribution in [0.15, 0.2) is 30.6 Å². The van der Waals surface area contributed by atoms with Crippen molar-refractivity contribution in [1.29, 1.82) is 0 Å². The fourth-order valence-electron chi connectivity index (χ4n) is 1.71. The summed E-state index contributed by atoms with van der Waals surface area (Å²) >= 11 is 12.0. The molecule has 0 saturated carbocycles. The van der Waals surface area contributed by atoms with Crippen LogP contribution in [0.3, 0.4) is 0 Å².